The second-order valence-electron chi connectivity index (χ2n) is 3.98. The lowest BCUT2D eigenvalue weighted by molar-refractivity contribution is -0.141. The highest BCUT2D eigenvalue weighted by atomic mass is 35.5. The first-order valence-electron chi connectivity index (χ1n) is 5.31. The molecule has 0 aliphatic rings. The third kappa shape index (κ3) is 3.23. The van der Waals surface area contributed by atoms with Gasteiger partial charge in [0.2, 0.25) is 0 Å². The van der Waals surface area contributed by atoms with Crippen LogP contribution in [0.15, 0.2) is 12.1 Å². The van der Waals surface area contributed by atoms with Crippen molar-refractivity contribution in [3.05, 3.63) is 48.1 Å². The van der Waals surface area contributed by atoms with E-state index in [1.807, 2.05) is 0 Å². The molecular weight excluding hydrogens is 428 g/mol. The van der Waals surface area contributed by atoms with Gasteiger partial charge in [0, 0.05) is 11.1 Å². The predicted molar refractivity (Wildman–Crippen MR) is 84.7 cm³/mol. The van der Waals surface area contributed by atoms with Crippen LogP contribution in [-0.2, 0) is 6.18 Å². The Morgan fingerprint density at radius 3 is 1.59 bits per heavy atom. The zero-order valence-electron chi connectivity index (χ0n) is 10.0. The summed E-state index contributed by atoms with van der Waals surface area (Å²) < 4.78 is 37.8. The molecule has 10 heteroatoms. The van der Waals surface area contributed by atoms with Gasteiger partial charge in [-0.2, -0.15) is 13.2 Å². The highest BCUT2D eigenvalue weighted by molar-refractivity contribution is 6.56. The van der Waals surface area contributed by atoms with Gasteiger partial charge in [-0.3, -0.25) is 0 Å². The van der Waals surface area contributed by atoms with Gasteiger partial charge < -0.3 is 0 Å². The second-order valence-corrected chi connectivity index (χ2v) is 6.23. The van der Waals surface area contributed by atoms with Crippen LogP contribution >= 0.6 is 69.6 Å². The smallest absolute Gasteiger partial charge is 0.231 e. The van der Waals surface area contributed by atoms with Gasteiger partial charge in [0.1, 0.15) is 10.8 Å². The molecule has 0 aliphatic heterocycles. The number of benzene rings is 1. The van der Waals surface area contributed by atoms with E-state index >= 15 is 0 Å². The number of halogens is 9. The summed E-state index contributed by atoms with van der Waals surface area (Å²) in [6.07, 6.45) is -4.63. The third-order valence-corrected chi connectivity index (χ3v) is 5.18. The molecule has 118 valence electrons. The molecule has 1 aromatic heterocycles. The summed E-state index contributed by atoms with van der Waals surface area (Å²) in [4.78, 5) is 3.29. The lowest BCUT2D eigenvalue weighted by atomic mass is 10.1. The van der Waals surface area contributed by atoms with E-state index in [-0.39, 0.29) is 36.2 Å². The Labute approximate surface area is 152 Å². The summed E-state index contributed by atoms with van der Waals surface area (Å²) in [6, 6.07) is 1.82. The normalized spacial score (nSPS) is 11.9. The maximum atomic E-state index is 12.6. The fourth-order valence-corrected chi connectivity index (χ4v) is 3.21. The number of aromatic nitrogens is 1. The van der Waals surface area contributed by atoms with Crippen LogP contribution in [0.1, 0.15) is 5.69 Å². The minimum absolute atomic E-state index is 0.0464. The Hall–Kier alpha value is -0.100. The minimum atomic E-state index is -4.63. The first kappa shape index (κ1) is 18.2. The molecule has 0 spiro atoms. The van der Waals surface area contributed by atoms with Crippen LogP contribution in [0.25, 0.3) is 11.1 Å². The molecule has 0 fully saturated rings. The molecule has 22 heavy (non-hydrogen) atoms. The van der Waals surface area contributed by atoms with Crippen molar-refractivity contribution in [1.29, 1.82) is 0 Å². The lowest BCUT2D eigenvalue weighted by Crippen LogP contribution is -2.08. The van der Waals surface area contributed by atoms with Gasteiger partial charge in [0.25, 0.3) is 0 Å². The van der Waals surface area contributed by atoms with Crippen LogP contribution in [0.5, 0.6) is 0 Å². The van der Waals surface area contributed by atoms with Crippen molar-refractivity contribution >= 4 is 69.6 Å². The molecule has 0 N–H and O–H groups in total. The molecule has 0 atom stereocenters. The quantitative estimate of drug-likeness (QED) is 0.257. The molecule has 0 amide bonds. The Morgan fingerprint density at radius 1 is 0.727 bits per heavy atom. The summed E-state index contributed by atoms with van der Waals surface area (Å²) in [5.41, 5.74) is -1.06. The van der Waals surface area contributed by atoms with Crippen LogP contribution in [0.4, 0.5) is 13.2 Å². The number of nitrogens with zero attached hydrogens (tertiary/aromatic N) is 1. The van der Waals surface area contributed by atoms with Gasteiger partial charge in [-0.1, -0.05) is 69.6 Å². The van der Waals surface area contributed by atoms with Gasteiger partial charge >= 0.3 is 6.18 Å². The highest BCUT2D eigenvalue weighted by Crippen LogP contribution is 2.49. The topological polar surface area (TPSA) is 12.9 Å². The fourth-order valence-electron chi connectivity index (χ4n) is 1.62. The summed E-state index contributed by atoms with van der Waals surface area (Å²) in [5.74, 6) is 0. The average Bonchev–Trinajstić information content (AvgIpc) is 2.43. The SMILES string of the molecule is FC(F)(F)c1ccc(-c2c(Cl)c(Cl)c(Cl)c(Cl)c2Cl)c(Cl)n1. The van der Waals surface area contributed by atoms with Crippen LogP contribution in [-0.4, -0.2) is 4.98 Å². The molecular formula is C12H2Cl6F3N. The van der Waals surface area contributed by atoms with Gasteiger partial charge in [-0.25, -0.2) is 4.98 Å². The van der Waals surface area contributed by atoms with Gasteiger partial charge in [-0.15, -0.1) is 0 Å². The van der Waals surface area contributed by atoms with E-state index in [2.05, 4.69) is 4.98 Å². The van der Waals surface area contributed by atoms with E-state index in [9.17, 15) is 13.2 Å². The molecule has 2 rings (SSSR count). The second kappa shape index (κ2) is 6.42. The maximum Gasteiger partial charge on any atom is 0.433 e. The van der Waals surface area contributed by atoms with Gasteiger partial charge in [0.15, 0.2) is 0 Å². The molecule has 0 saturated heterocycles. The maximum absolute atomic E-state index is 12.6. The summed E-state index contributed by atoms with van der Waals surface area (Å²) >= 11 is 35.6. The van der Waals surface area contributed by atoms with Crippen molar-refractivity contribution in [2.75, 3.05) is 0 Å². The van der Waals surface area contributed by atoms with Crippen molar-refractivity contribution in [1.82, 2.24) is 4.98 Å². The van der Waals surface area contributed by atoms with Crippen LogP contribution in [0.2, 0.25) is 30.3 Å². The van der Waals surface area contributed by atoms with Crippen molar-refractivity contribution in [2.24, 2.45) is 0 Å². The number of hydrogen-bond acceptors (Lipinski definition) is 1. The summed E-state index contributed by atoms with van der Waals surface area (Å²) in [6.45, 7) is 0. The largest absolute Gasteiger partial charge is 0.433 e. The van der Waals surface area contributed by atoms with E-state index in [1.54, 1.807) is 0 Å². The highest BCUT2D eigenvalue weighted by Gasteiger charge is 2.33. The van der Waals surface area contributed by atoms with E-state index < -0.39 is 17.0 Å². The van der Waals surface area contributed by atoms with Crippen LogP contribution < -0.4 is 0 Å². The molecule has 0 bridgehead atoms. The van der Waals surface area contributed by atoms with Crippen LogP contribution in [0.3, 0.4) is 0 Å². The molecule has 0 aliphatic carbocycles. The minimum Gasteiger partial charge on any atom is -0.231 e. The van der Waals surface area contributed by atoms with Gasteiger partial charge in [0.05, 0.1) is 25.1 Å². The number of alkyl halides is 3. The van der Waals surface area contributed by atoms with Gasteiger partial charge in [-0.05, 0) is 12.1 Å². The standard InChI is InChI=1S/C12H2Cl6F3N/c13-6-5(7(14)9(16)10(17)8(6)15)3-1-2-4(12(19,20)21)22-11(3)18/h1-2H. The molecule has 0 radical (unpaired) electrons. The Morgan fingerprint density at radius 2 is 1.18 bits per heavy atom. The van der Waals surface area contributed by atoms with E-state index in [0.29, 0.717) is 0 Å². The van der Waals surface area contributed by atoms with E-state index in [4.69, 9.17) is 69.6 Å². The third-order valence-electron chi connectivity index (χ3n) is 2.62. The monoisotopic (exact) mass is 427 g/mol. The zero-order valence-corrected chi connectivity index (χ0v) is 14.5. The molecule has 1 aromatic carbocycles. The summed E-state index contributed by atoms with van der Waals surface area (Å²) in [7, 11) is 0. The van der Waals surface area contributed by atoms with E-state index in [0.717, 1.165) is 12.1 Å². The first-order chi connectivity index (χ1) is 10.1. The first-order valence-corrected chi connectivity index (χ1v) is 7.58. The number of rotatable bonds is 1. The molecule has 1 heterocycles. The van der Waals surface area contributed by atoms with Crippen molar-refractivity contribution in [3.63, 3.8) is 0 Å². The number of hydrogen-bond donors (Lipinski definition) is 0. The molecule has 0 saturated carbocycles. The lowest BCUT2D eigenvalue weighted by Gasteiger charge is -2.14. The molecule has 1 nitrogen and oxygen atoms in total. The molecule has 2 aromatic rings. The molecule has 0 unspecified atom stereocenters. The Bertz CT molecular complexity index is 730. The predicted octanol–water partition coefficient (Wildman–Crippen LogP) is 7.69. The summed E-state index contributed by atoms with van der Waals surface area (Å²) in [5, 5.41) is -0.896. The van der Waals surface area contributed by atoms with Crippen molar-refractivity contribution < 1.29 is 13.2 Å². The van der Waals surface area contributed by atoms with Crippen molar-refractivity contribution in [3.8, 4) is 11.1 Å². The van der Waals surface area contributed by atoms with Crippen LogP contribution in [0, 0.1) is 0 Å². The average molecular weight is 430 g/mol. The number of pyridine rings is 1. The van der Waals surface area contributed by atoms with E-state index in [1.165, 1.54) is 0 Å². The fraction of sp³-hybridized carbons (Fsp3) is 0.0833. The van der Waals surface area contributed by atoms with Crippen molar-refractivity contribution in [2.45, 2.75) is 6.18 Å². The zero-order chi connectivity index (χ0) is 16.8. The Kier molecular flexibility index (Phi) is 5.32. The Balaban J connectivity index is 2.74.